The average Bonchev–Trinajstić information content (AvgIpc) is 1.82. The van der Waals surface area contributed by atoms with E-state index < -0.39 is 24.7 Å². The van der Waals surface area contributed by atoms with Crippen molar-refractivity contribution in [3.8, 4) is 0 Å². The Morgan fingerprint density at radius 3 is 2.50 bits per heavy atom. The highest BCUT2D eigenvalue weighted by atomic mass is 19.2. The van der Waals surface area contributed by atoms with Gasteiger partial charge in [-0.25, -0.2) is 0 Å². The summed E-state index contributed by atoms with van der Waals surface area (Å²) in [5.41, 5.74) is 0. The maximum atomic E-state index is 12.2. The van der Waals surface area contributed by atoms with Gasteiger partial charge in [0.05, 0.1) is 0 Å². The van der Waals surface area contributed by atoms with Crippen LogP contribution in [0.3, 0.4) is 0 Å². The van der Waals surface area contributed by atoms with E-state index in [1.54, 1.807) is 0 Å². The Morgan fingerprint density at radius 2 is 2.00 bits per heavy atom. The van der Waals surface area contributed by atoms with Gasteiger partial charge in [-0.05, 0) is 6.82 Å². The number of halogens is 3. The Balaban J connectivity index is 2.90. The second-order valence-electron chi connectivity index (χ2n) is 1.87. The summed E-state index contributed by atoms with van der Waals surface area (Å²) >= 11 is 0. The normalized spacial score (nSPS) is 18.8. The number of nitrogens with zero attached hydrogens (tertiary/aromatic N) is 1. The molecule has 0 aromatic heterocycles. The lowest BCUT2D eigenvalue weighted by Gasteiger charge is -2.10. The SMILES string of the molecule is CB1N=C(F)C(F)=C(F)N1. The summed E-state index contributed by atoms with van der Waals surface area (Å²) in [6.07, 6.45) is 0. The van der Waals surface area contributed by atoms with Crippen LogP contribution in [-0.2, 0) is 0 Å². The molecule has 1 heterocycles. The zero-order valence-electron chi connectivity index (χ0n) is 5.16. The van der Waals surface area contributed by atoms with Gasteiger partial charge in [0, 0.05) is 0 Å². The molecule has 1 aliphatic heterocycles. The minimum absolute atomic E-state index is 0.737. The first kappa shape index (κ1) is 7.18. The predicted octanol–water partition coefficient (Wildman–Crippen LogP) is 1.18. The molecule has 0 radical (unpaired) electrons. The van der Waals surface area contributed by atoms with E-state index in [0.717, 1.165) is 0 Å². The highest BCUT2D eigenvalue weighted by Gasteiger charge is 2.23. The first-order chi connectivity index (χ1) is 4.61. The molecule has 10 heavy (non-hydrogen) atoms. The highest BCUT2D eigenvalue weighted by Crippen LogP contribution is 2.13. The summed E-state index contributed by atoms with van der Waals surface area (Å²) in [5.74, 6) is -4.23. The van der Waals surface area contributed by atoms with Crippen molar-refractivity contribution in [1.82, 2.24) is 5.23 Å². The van der Waals surface area contributed by atoms with Crippen LogP contribution in [0.5, 0.6) is 0 Å². The Kier molecular flexibility index (Phi) is 1.69. The monoisotopic (exact) mass is 148 g/mol. The molecular weight excluding hydrogens is 144 g/mol. The fraction of sp³-hybridized carbons (Fsp3) is 0.250. The van der Waals surface area contributed by atoms with Gasteiger partial charge in [-0.15, -0.1) is 0 Å². The summed E-state index contributed by atoms with van der Waals surface area (Å²) in [7, 11) is 0. The van der Waals surface area contributed by atoms with Gasteiger partial charge in [0.25, 0.3) is 0 Å². The lowest BCUT2D eigenvalue weighted by Crippen LogP contribution is -2.32. The quantitative estimate of drug-likeness (QED) is 0.404. The molecule has 54 valence electrons. The van der Waals surface area contributed by atoms with Gasteiger partial charge in [-0.1, -0.05) is 0 Å². The number of rotatable bonds is 0. The average molecular weight is 148 g/mol. The molecule has 1 N–H and O–H groups in total. The van der Waals surface area contributed by atoms with Crippen LogP contribution >= 0.6 is 0 Å². The van der Waals surface area contributed by atoms with Gasteiger partial charge in [0.2, 0.25) is 17.7 Å². The second kappa shape index (κ2) is 2.36. The fourth-order valence-electron chi connectivity index (χ4n) is 0.596. The van der Waals surface area contributed by atoms with Crippen molar-refractivity contribution in [2.24, 2.45) is 4.90 Å². The summed E-state index contributed by atoms with van der Waals surface area (Å²) < 4.78 is 36.3. The maximum absolute atomic E-state index is 12.2. The lowest BCUT2D eigenvalue weighted by molar-refractivity contribution is 0.518. The largest absolute Gasteiger partial charge is 0.393 e. The minimum atomic E-state index is -1.56. The van der Waals surface area contributed by atoms with Gasteiger partial charge in [-0.2, -0.15) is 13.2 Å². The van der Waals surface area contributed by atoms with Gasteiger partial charge in [0.1, 0.15) is 0 Å². The Labute approximate surface area is 55.9 Å². The van der Waals surface area contributed by atoms with Crippen LogP contribution in [0.2, 0.25) is 6.82 Å². The molecule has 0 amide bonds. The lowest BCUT2D eigenvalue weighted by atomic mass is 9.81. The third-order valence-electron chi connectivity index (χ3n) is 1.02. The van der Waals surface area contributed by atoms with E-state index in [1.807, 2.05) is 5.23 Å². The van der Waals surface area contributed by atoms with Gasteiger partial charge < -0.3 is 5.23 Å². The molecule has 0 atom stereocenters. The molecule has 0 saturated heterocycles. The van der Waals surface area contributed by atoms with Crippen molar-refractivity contribution >= 4 is 12.9 Å². The molecule has 0 saturated carbocycles. The van der Waals surface area contributed by atoms with Gasteiger partial charge in [-0.3, -0.25) is 4.90 Å². The molecule has 1 aliphatic rings. The Bertz CT molecular complexity index is 213. The zero-order valence-corrected chi connectivity index (χ0v) is 5.16. The standard InChI is InChI=1S/C4H4BF3N2/c1-5-9-3(7)2(6)4(8)10-5/h9H,1H3. The van der Waals surface area contributed by atoms with Crippen LogP contribution in [0.4, 0.5) is 13.2 Å². The van der Waals surface area contributed by atoms with Crippen LogP contribution < -0.4 is 5.23 Å². The van der Waals surface area contributed by atoms with E-state index >= 15 is 0 Å². The topological polar surface area (TPSA) is 24.4 Å². The van der Waals surface area contributed by atoms with Gasteiger partial charge >= 0.3 is 6.98 Å². The zero-order chi connectivity index (χ0) is 7.72. The molecular formula is C4H4BF3N2. The van der Waals surface area contributed by atoms with E-state index in [4.69, 9.17) is 0 Å². The molecule has 6 heteroatoms. The van der Waals surface area contributed by atoms with E-state index in [1.165, 1.54) is 6.82 Å². The highest BCUT2D eigenvalue weighted by molar-refractivity contribution is 6.55. The fourth-order valence-corrected chi connectivity index (χ4v) is 0.596. The van der Waals surface area contributed by atoms with Gasteiger partial charge in [0.15, 0.2) is 0 Å². The first-order valence-electron chi connectivity index (χ1n) is 2.66. The predicted molar refractivity (Wildman–Crippen MR) is 32.5 cm³/mol. The molecule has 0 fully saturated rings. The van der Waals surface area contributed by atoms with Crippen LogP contribution in [-0.4, -0.2) is 12.9 Å². The number of allylic oxidation sites excluding steroid dienone is 1. The van der Waals surface area contributed by atoms with Crippen molar-refractivity contribution in [3.63, 3.8) is 0 Å². The van der Waals surface area contributed by atoms with Crippen LogP contribution in [0.25, 0.3) is 0 Å². The molecule has 1 rings (SSSR count). The number of nitrogens with one attached hydrogen (secondary N) is 1. The summed E-state index contributed by atoms with van der Waals surface area (Å²) in [4.78, 5) is 3.08. The third-order valence-corrected chi connectivity index (χ3v) is 1.02. The molecule has 2 nitrogen and oxygen atoms in total. The Morgan fingerprint density at radius 1 is 1.40 bits per heavy atom. The van der Waals surface area contributed by atoms with Crippen LogP contribution in [0, 0.1) is 0 Å². The molecule has 0 unspecified atom stereocenters. The second-order valence-corrected chi connectivity index (χ2v) is 1.87. The van der Waals surface area contributed by atoms with Crippen molar-refractivity contribution < 1.29 is 13.2 Å². The van der Waals surface area contributed by atoms with E-state index in [0.29, 0.717) is 0 Å². The smallest absolute Gasteiger partial charge is 0.382 e. The van der Waals surface area contributed by atoms with Crippen LogP contribution in [0.1, 0.15) is 0 Å². The Hall–Kier alpha value is -0.935. The third kappa shape index (κ3) is 1.15. The molecule has 0 aliphatic carbocycles. The molecule has 0 spiro atoms. The van der Waals surface area contributed by atoms with Crippen molar-refractivity contribution in [1.29, 1.82) is 0 Å². The summed E-state index contributed by atoms with van der Waals surface area (Å²) in [5, 5.41) is 1.97. The maximum Gasteiger partial charge on any atom is 0.393 e. The molecule has 0 aromatic carbocycles. The summed E-state index contributed by atoms with van der Waals surface area (Å²) in [6, 6.07) is 0. The van der Waals surface area contributed by atoms with Crippen LogP contribution in [0.15, 0.2) is 16.7 Å². The van der Waals surface area contributed by atoms with E-state index in [2.05, 4.69) is 4.90 Å². The van der Waals surface area contributed by atoms with Crippen molar-refractivity contribution in [2.45, 2.75) is 6.82 Å². The van der Waals surface area contributed by atoms with E-state index in [-0.39, 0.29) is 0 Å². The number of hydrogen-bond acceptors (Lipinski definition) is 2. The minimum Gasteiger partial charge on any atom is -0.382 e. The van der Waals surface area contributed by atoms with Crippen molar-refractivity contribution in [3.05, 3.63) is 11.8 Å². The summed E-state index contributed by atoms with van der Waals surface area (Å²) in [6.45, 7) is 0.672. The van der Waals surface area contributed by atoms with E-state index in [9.17, 15) is 13.2 Å². The molecule has 0 bridgehead atoms. The van der Waals surface area contributed by atoms with Crippen molar-refractivity contribution in [2.75, 3.05) is 0 Å². The number of hydrogen-bond donors (Lipinski definition) is 1. The first-order valence-corrected chi connectivity index (χ1v) is 2.66. The molecule has 0 aromatic rings.